The van der Waals surface area contributed by atoms with Crippen molar-refractivity contribution in [3.63, 3.8) is 0 Å². The van der Waals surface area contributed by atoms with Gasteiger partial charge in [-0.15, -0.1) is 6.42 Å². The molecule has 0 bridgehead atoms. The van der Waals surface area contributed by atoms with Gasteiger partial charge < -0.3 is 4.43 Å². The quantitative estimate of drug-likeness (QED) is 0.174. The number of benzene rings is 1. The molecule has 156 valence electrons. The first-order valence-corrected chi connectivity index (χ1v) is 14.0. The molecule has 2 heteroatoms. The Kier molecular flexibility index (Phi) is 11.5. The third kappa shape index (κ3) is 7.61. The first-order chi connectivity index (χ1) is 13.5. The number of allylic oxidation sites excluding steroid dienone is 1. The molecule has 0 spiro atoms. The third-order valence-electron chi connectivity index (χ3n) is 6.14. The summed E-state index contributed by atoms with van der Waals surface area (Å²) in [6.07, 6.45) is 16.9. The maximum atomic E-state index is 7.02. The van der Waals surface area contributed by atoms with Crippen molar-refractivity contribution in [2.24, 2.45) is 0 Å². The first-order valence-electron chi connectivity index (χ1n) is 11.4. The summed E-state index contributed by atoms with van der Waals surface area (Å²) in [6, 6.07) is 14.0. The van der Waals surface area contributed by atoms with Crippen LogP contribution < -0.4 is 0 Å². The van der Waals surface area contributed by atoms with Gasteiger partial charge in [0.2, 0.25) is 0 Å². The Morgan fingerprint density at radius 1 is 0.964 bits per heavy atom. The fourth-order valence-corrected chi connectivity index (χ4v) is 6.98. The summed E-state index contributed by atoms with van der Waals surface area (Å²) in [6.45, 7) is 11.3. The van der Waals surface area contributed by atoms with E-state index in [-0.39, 0.29) is 0 Å². The van der Waals surface area contributed by atoms with E-state index in [0.29, 0.717) is 0 Å². The van der Waals surface area contributed by atoms with Crippen LogP contribution >= 0.6 is 0 Å². The van der Waals surface area contributed by atoms with E-state index in [1.54, 1.807) is 0 Å². The highest BCUT2D eigenvalue weighted by Crippen LogP contribution is 2.36. The Bertz CT molecular complexity index is 601. The predicted molar refractivity (Wildman–Crippen MR) is 127 cm³/mol. The van der Waals surface area contributed by atoms with Gasteiger partial charge in [0.25, 0.3) is 0 Å². The van der Waals surface area contributed by atoms with Crippen LogP contribution in [0.3, 0.4) is 0 Å². The van der Waals surface area contributed by atoms with Crippen LogP contribution in [-0.4, -0.2) is 8.32 Å². The van der Waals surface area contributed by atoms with Crippen molar-refractivity contribution >= 4 is 8.32 Å². The van der Waals surface area contributed by atoms with Gasteiger partial charge in [-0.3, -0.25) is 0 Å². The lowest BCUT2D eigenvalue weighted by Gasteiger charge is -2.39. The van der Waals surface area contributed by atoms with Gasteiger partial charge in [0, 0.05) is 5.57 Å². The number of hydrogen-bond donors (Lipinski definition) is 0. The average Bonchev–Trinajstić information content (AvgIpc) is 2.74. The van der Waals surface area contributed by atoms with Crippen LogP contribution in [0.5, 0.6) is 0 Å². The van der Waals surface area contributed by atoms with Crippen LogP contribution in [0.1, 0.15) is 85.1 Å². The zero-order valence-electron chi connectivity index (χ0n) is 19.0. The van der Waals surface area contributed by atoms with Gasteiger partial charge in [-0.2, -0.15) is 0 Å². The summed E-state index contributed by atoms with van der Waals surface area (Å²) < 4.78 is 7.02. The van der Waals surface area contributed by atoms with Crippen LogP contribution in [0.25, 0.3) is 0 Å². The molecular weight excluding hydrogens is 356 g/mol. The molecule has 0 aromatic heterocycles. The molecule has 0 N–H and O–H groups in total. The minimum absolute atomic E-state index is 0.445. The first kappa shape index (κ1) is 24.7. The molecule has 0 radical (unpaired) electrons. The Morgan fingerprint density at radius 2 is 1.54 bits per heavy atom. The van der Waals surface area contributed by atoms with Crippen molar-refractivity contribution in [1.29, 1.82) is 0 Å². The molecule has 1 rings (SSSR count). The summed E-state index contributed by atoms with van der Waals surface area (Å²) in [5.74, 6) is 2.97. The van der Waals surface area contributed by atoms with Crippen LogP contribution in [0, 0.1) is 12.3 Å². The summed E-state index contributed by atoms with van der Waals surface area (Å²) in [5, 5.41) is 0. The normalized spacial score (nSPS) is 14.5. The molecule has 28 heavy (non-hydrogen) atoms. The fourth-order valence-electron chi connectivity index (χ4n) is 3.97. The van der Waals surface area contributed by atoms with Crippen LogP contribution in [-0.2, 0) is 10.0 Å². The molecule has 0 saturated heterocycles. The van der Waals surface area contributed by atoms with E-state index in [2.05, 4.69) is 76.9 Å². The molecule has 1 aromatic rings. The van der Waals surface area contributed by atoms with E-state index in [9.17, 15) is 0 Å². The highest BCUT2D eigenvalue weighted by Gasteiger charge is 2.38. The molecule has 0 aliphatic carbocycles. The zero-order chi connectivity index (χ0) is 20.9. The highest BCUT2D eigenvalue weighted by atomic mass is 28.4. The smallest absolute Gasteiger partial charge is 0.193 e. The van der Waals surface area contributed by atoms with Crippen molar-refractivity contribution in [2.45, 2.75) is 103 Å². The molecule has 0 saturated carbocycles. The van der Waals surface area contributed by atoms with E-state index in [4.69, 9.17) is 10.8 Å². The van der Waals surface area contributed by atoms with E-state index in [1.807, 2.05) is 0 Å². The molecule has 0 amide bonds. The molecule has 0 aliphatic rings. The van der Waals surface area contributed by atoms with Gasteiger partial charge in [0.1, 0.15) is 0 Å². The average molecular weight is 399 g/mol. The van der Waals surface area contributed by atoms with Crippen LogP contribution in [0.2, 0.25) is 18.1 Å². The second-order valence-corrected chi connectivity index (χ2v) is 12.8. The Hall–Kier alpha value is -1.30. The predicted octanol–water partition coefficient (Wildman–Crippen LogP) is 8.23. The Labute approximate surface area is 176 Å². The van der Waals surface area contributed by atoms with Gasteiger partial charge >= 0.3 is 0 Å². The molecule has 0 aliphatic heterocycles. The van der Waals surface area contributed by atoms with Gasteiger partial charge in [-0.05, 0) is 49.5 Å². The highest BCUT2D eigenvalue weighted by molar-refractivity contribution is 6.73. The number of terminal acetylenes is 1. The lowest BCUT2D eigenvalue weighted by atomic mass is 9.92. The third-order valence-corrected chi connectivity index (χ3v) is 10.9. The molecule has 1 aromatic carbocycles. The SMILES string of the molecule is C#C/C(=C\C(C)(O[Si](CC)(CC)CC)c1ccccc1)CCCCCCCC. The Balaban J connectivity index is 3.04. The summed E-state index contributed by atoms with van der Waals surface area (Å²) in [7, 11) is -1.78. The molecule has 1 atom stereocenters. The molecule has 0 heterocycles. The minimum atomic E-state index is -1.78. The van der Waals surface area contributed by atoms with E-state index >= 15 is 0 Å². The topological polar surface area (TPSA) is 9.23 Å². The number of unbranched alkanes of at least 4 members (excludes halogenated alkanes) is 5. The number of hydrogen-bond acceptors (Lipinski definition) is 1. The van der Waals surface area contributed by atoms with Gasteiger partial charge in [0.15, 0.2) is 8.32 Å². The second kappa shape index (κ2) is 13.0. The van der Waals surface area contributed by atoms with Gasteiger partial charge in [0.05, 0.1) is 5.60 Å². The molecular formula is C26H42OSi. The Morgan fingerprint density at radius 3 is 2.07 bits per heavy atom. The van der Waals surface area contributed by atoms with Crippen molar-refractivity contribution in [3.05, 3.63) is 47.5 Å². The lowest BCUT2D eigenvalue weighted by Crippen LogP contribution is -2.43. The van der Waals surface area contributed by atoms with E-state index < -0.39 is 13.9 Å². The van der Waals surface area contributed by atoms with Crippen molar-refractivity contribution in [3.8, 4) is 12.3 Å². The van der Waals surface area contributed by atoms with Crippen LogP contribution in [0.4, 0.5) is 0 Å². The zero-order valence-corrected chi connectivity index (χ0v) is 20.0. The van der Waals surface area contributed by atoms with Crippen molar-refractivity contribution < 1.29 is 4.43 Å². The van der Waals surface area contributed by atoms with Crippen LogP contribution in [0.15, 0.2) is 42.0 Å². The largest absolute Gasteiger partial charge is 0.404 e. The standard InChI is InChI=1S/C26H42OSi/c1-7-12-13-14-15-17-20-24(8-2)23-26(6,25-21-18-16-19-22-25)27-28(9-3,10-4)11-5/h2,16,18-19,21-23H,7,9-15,17,20H2,1,3-6H3/b24-23+. The lowest BCUT2D eigenvalue weighted by molar-refractivity contribution is 0.125. The maximum absolute atomic E-state index is 7.02. The summed E-state index contributed by atoms with van der Waals surface area (Å²) in [4.78, 5) is 0. The van der Waals surface area contributed by atoms with Gasteiger partial charge in [-0.25, -0.2) is 0 Å². The maximum Gasteiger partial charge on any atom is 0.193 e. The molecule has 1 unspecified atom stereocenters. The van der Waals surface area contributed by atoms with Crippen molar-refractivity contribution in [1.82, 2.24) is 0 Å². The number of rotatable bonds is 14. The van der Waals surface area contributed by atoms with E-state index in [1.165, 1.54) is 44.1 Å². The van der Waals surface area contributed by atoms with Crippen molar-refractivity contribution in [2.75, 3.05) is 0 Å². The summed E-state index contributed by atoms with van der Waals surface area (Å²) in [5.41, 5.74) is 1.85. The molecule has 0 fully saturated rings. The van der Waals surface area contributed by atoms with E-state index in [0.717, 1.165) is 30.1 Å². The second-order valence-electron chi connectivity index (χ2n) is 8.15. The summed E-state index contributed by atoms with van der Waals surface area (Å²) >= 11 is 0. The van der Waals surface area contributed by atoms with Gasteiger partial charge in [-0.1, -0.05) is 96.1 Å². The minimum Gasteiger partial charge on any atom is -0.404 e. The molecule has 1 nitrogen and oxygen atoms in total. The monoisotopic (exact) mass is 398 g/mol. The fraction of sp³-hybridized carbons (Fsp3) is 0.615.